The summed E-state index contributed by atoms with van der Waals surface area (Å²) in [7, 11) is 0. The predicted octanol–water partition coefficient (Wildman–Crippen LogP) is 2.33. The van der Waals surface area contributed by atoms with Gasteiger partial charge in [0.1, 0.15) is 6.10 Å². The van der Waals surface area contributed by atoms with Crippen molar-refractivity contribution in [2.75, 3.05) is 12.5 Å². The predicted molar refractivity (Wildman–Crippen MR) is 65.7 cm³/mol. The molecule has 1 saturated heterocycles. The van der Waals surface area contributed by atoms with E-state index in [2.05, 4.69) is 19.2 Å². The third-order valence-electron chi connectivity index (χ3n) is 2.76. The number of alkyl halides is 1. The van der Waals surface area contributed by atoms with Gasteiger partial charge in [-0.3, -0.25) is 4.79 Å². The van der Waals surface area contributed by atoms with E-state index < -0.39 is 0 Å². The van der Waals surface area contributed by atoms with Crippen molar-refractivity contribution < 1.29 is 9.53 Å². The van der Waals surface area contributed by atoms with Crippen LogP contribution in [-0.4, -0.2) is 30.5 Å². The van der Waals surface area contributed by atoms with Crippen molar-refractivity contribution in [2.24, 2.45) is 5.92 Å². The molecular weight excluding hydrogens is 226 g/mol. The molecule has 1 N–H and O–H groups in total. The van der Waals surface area contributed by atoms with Gasteiger partial charge in [0.15, 0.2) is 0 Å². The van der Waals surface area contributed by atoms with Gasteiger partial charge in [-0.25, -0.2) is 0 Å². The van der Waals surface area contributed by atoms with Gasteiger partial charge < -0.3 is 10.1 Å². The third-order valence-corrected chi connectivity index (χ3v) is 3.13. The lowest BCUT2D eigenvalue weighted by Crippen LogP contribution is -2.44. The van der Waals surface area contributed by atoms with Gasteiger partial charge in [-0.2, -0.15) is 0 Å². The first kappa shape index (κ1) is 13.8. The van der Waals surface area contributed by atoms with Crippen molar-refractivity contribution in [3.05, 3.63) is 0 Å². The Hall–Kier alpha value is -0.280. The van der Waals surface area contributed by atoms with E-state index in [1.54, 1.807) is 0 Å². The number of halogens is 1. The smallest absolute Gasteiger partial charge is 0.249 e. The highest BCUT2D eigenvalue weighted by Crippen LogP contribution is 2.14. The number of ether oxygens (including phenoxy) is 1. The topological polar surface area (TPSA) is 38.3 Å². The Labute approximate surface area is 103 Å². The summed E-state index contributed by atoms with van der Waals surface area (Å²) < 4.78 is 5.43. The molecule has 1 aliphatic rings. The molecule has 1 fully saturated rings. The third kappa shape index (κ3) is 4.71. The molecule has 3 nitrogen and oxygen atoms in total. The zero-order chi connectivity index (χ0) is 12.0. The minimum atomic E-state index is -0.258. The fraction of sp³-hybridized carbons (Fsp3) is 0.917. The summed E-state index contributed by atoms with van der Waals surface area (Å²) >= 11 is 5.84. The van der Waals surface area contributed by atoms with Crippen LogP contribution in [0, 0.1) is 5.92 Å². The summed E-state index contributed by atoms with van der Waals surface area (Å²) in [6, 6.07) is 0.0692. The van der Waals surface area contributed by atoms with Crippen molar-refractivity contribution >= 4 is 17.5 Å². The largest absolute Gasteiger partial charge is 0.368 e. The van der Waals surface area contributed by atoms with Crippen molar-refractivity contribution in [2.45, 2.75) is 51.7 Å². The molecule has 0 spiro atoms. The summed E-state index contributed by atoms with van der Waals surface area (Å²) in [6.45, 7) is 4.96. The lowest BCUT2D eigenvalue weighted by molar-refractivity contribution is -0.136. The number of hydrogen-bond donors (Lipinski definition) is 1. The molecule has 1 aliphatic heterocycles. The molecule has 0 radical (unpaired) electrons. The molecule has 1 heterocycles. The van der Waals surface area contributed by atoms with Crippen molar-refractivity contribution in [1.29, 1.82) is 0 Å². The van der Waals surface area contributed by atoms with Gasteiger partial charge in [0.05, 0.1) is 0 Å². The van der Waals surface area contributed by atoms with Gasteiger partial charge in [0, 0.05) is 18.5 Å². The van der Waals surface area contributed by atoms with Crippen LogP contribution in [0.25, 0.3) is 0 Å². The van der Waals surface area contributed by atoms with E-state index in [1.165, 1.54) is 0 Å². The highest BCUT2D eigenvalue weighted by molar-refractivity contribution is 6.18. The van der Waals surface area contributed by atoms with E-state index in [4.69, 9.17) is 16.3 Å². The molecule has 1 rings (SSSR count). The van der Waals surface area contributed by atoms with Crippen LogP contribution in [-0.2, 0) is 9.53 Å². The molecule has 94 valence electrons. The second-order valence-corrected chi connectivity index (χ2v) is 5.15. The van der Waals surface area contributed by atoms with Gasteiger partial charge in [-0.1, -0.05) is 13.8 Å². The highest BCUT2D eigenvalue weighted by Gasteiger charge is 2.24. The summed E-state index contributed by atoms with van der Waals surface area (Å²) in [5.41, 5.74) is 0. The molecule has 1 amide bonds. The Morgan fingerprint density at radius 1 is 1.50 bits per heavy atom. The Morgan fingerprint density at radius 2 is 2.25 bits per heavy atom. The average molecular weight is 248 g/mol. The number of carbonyl (C=O) groups is 1. The fourth-order valence-electron chi connectivity index (χ4n) is 1.97. The maximum atomic E-state index is 11.9. The van der Waals surface area contributed by atoms with E-state index in [1.807, 2.05) is 0 Å². The van der Waals surface area contributed by atoms with Crippen molar-refractivity contribution in [3.63, 3.8) is 0 Å². The monoisotopic (exact) mass is 247 g/mol. The molecular formula is C12H22ClNO2. The first-order valence-electron chi connectivity index (χ1n) is 6.11. The minimum Gasteiger partial charge on any atom is -0.368 e. The van der Waals surface area contributed by atoms with Gasteiger partial charge in [0.25, 0.3) is 0 Å². The van der Waals surface area contributed by atoms with E-state index in [-0.39, 0.29) is 18.1 Å². The van der Waals surface area contributed by atoms with Crippen LogP contribution in [0.5, 0.6) is 0 Å². The van der Waals surface area contributed by atoms with Gasteiger partial charge in [-0.15, -0.1) is 11.6 Å². The lowest BCUT2D eigenvalue weighted by Gasteiger charge is -2.25. The normalized spacial score (nSPS) is 23.1. The number of amides is 1. The lowest BCUT2D eigenvalue weighted by atomic mass is 10.0. The first-order valence-corrected chi connectivity index (χ1v) is 6.65. The van der Waals surface area contributed by atoms with Gasteiger partial charge >= 0.3 is 0 Å². The summed E-state index contributed by atoms with van der Waals surface area (Å²) in [5, 5.41) is 2.97. The van der Waals surface area contributed by atoms with E-state index >= 15 is 0 Å². The van der Waals surface area contributed by atoms with Crippen LogP contribution >= 0.6 is 11.6 Å². The SMILES string of the molecule is CC(C)CC(CCl)NC(=O)C1CCCCO1. The van der Waals surface area contributed by atoms with Crippen molar-refractivity contribution in [3.8, 4) is 0 Å². The van der Waals surface area contributed by atoms with Crippen LogP contribution in [0.2, 0.25) is 0 Å². The Balaban J connectivity index is 2.35. The number of rotatable bonds is 5. The molecule has 0 aromatic carbocycles. The van der Waals surface area contributed by atoms with Gasteiger partial charge in [-0.05, 0) is 31.6 Å². The van der Waals surface area contributed by atoms with Crippen LogP contribution in [0.15, 0.2) is 0 Å². The van der Waals surface area contributed by atoms with E-state index in [9.17, 15) is 4.79 Å². The van der Waals surface area contributed by atoms with E-state index in [0.29, 0.717) is 18.4 Å². The average Bonchev–Trinajstić information content (AvgIpc) is 2.28. The van der Waals surface area contributed by atoms with Crippen LogP contribution in [0.4, 0.5) is 0 Å². The van der Waals surface area contributed by atoms with Crippen LogP contribution in [0.3, 0.4) is 0 Å². The number of hydrogen-bond acceptors (Lipinski definition) is 2. The first-order chi connectivity index (χ1) is 7.63. The molecule has 0 bridgehead atoms. The molecule has 2 unspecified atom stereocenters. The zero-order valence-corrected chi connectivity index (χ0v) is 10.9. The number of nitrogens with one attached hydrogen (secondary N) is 1. The molecule has 0 aliphatic carbocycles. The molecule has 2 atom stereocenters. The molecule has 0 aromatic heterocycles. The second kappa shape index (κ2) is 7.13. The van der Waals surface area contributed by atoms with Gasteiger partial charge in [0.2, 0.25) is 5.91 Å². The molecule has 0 saturated carbocycles. The Bertz CT molecular complexity index is 215. The molecule has 0 aromatic rings. The molecule has 16 heavy (non-hydrogen) atoms. The van der Waals surface area contributed by atoms with Crippen LogP contribution < -0.4 is 5.32 Å². The number of carbonyl (C=O) groups excluding carboxylic acids is 1. The minimum absolute atomic E-state index is 0.00556. The maximum Gasteiger partial charge on any atom is 0.249 e. The second-order valence-electron chi connectivity index (χ2n) is 4.84. The summed E-state index contributed by atoms with van der Waals surface area (Å²) in [6.07, 6.45) is 3.64. The summed E-state index contributed by atoms with van der Waals surface area (Å²) in [4.78, 5) is 11.9. The zero-order valence-electron chi connectivity index (χ0n) is 10.2. The Kier molecular flexibility index (Phi) is 6.14. The quantitative estimate of drug-likeness (QED) is 0.758. The maximum absolute atomic E-state index is 11.9. The summed E-state index contributed by atoms with van der Waals surface area (Å²) in [5.74, 6) is 1.01. The van der Waals surface area contributed by atoms with Crippen LogP contribution in [0.1, 0.15) is 39.5 Å². The Morgan fingerprint density at radius 3 is 2.75 bits per heavy atom. The highest BCUT2D eigenvalue weighted by atomic mass is 35.5. The fourth-order valence-corrected chi connectivity index (χ4v) is 2.17. The standard InChI is InChI=1S/C12H22ClNO2/c1-9(2)7-10(8-13)14-12(15)11-5-3-4-6-16-11/h9-11H,3-8H2,1-2H3,(H,14,15). The van der Waals surface area contributed by atoms with E-state index in [0.717, 1.165) is 25.7 Å². The molecule has 4 heteroatoms. The van der Waals surface area contributed by atoms with Crippen molar-refractivity contribution in [1.82, 2.24) is 5.32 Å².